The summed E-state index contributed by atoms with van der Waals surface area (Å²) in [6, 6.07) is 0.538. The molecule has 0 aromatic carbocycles. The summed E-state index contributed by atoms with van der Waals surface area (Å²) in [4.78, 5) is 14.3. The van der Waals surface area contributed by atoms with Crippen LogP contribution in [-0.4, -0.2) is 36.5 Å². The molecule has 0 heterocycles. The number of nitrogens with zero attached hydrogens (tertiary/aromatic N) is 1. The molecule has 19 heavy (non-hydrogen) atoms. The summed E-state index contributed by atoms with van der Waals surface area (Å²) in [5, 5.41) is 0. The summed E-state index contributed by atoms with van der Waals surface area (Å²) in [6.45, 7) is 3.88. The van der Waals surface area contributed by atoms with E-state index in [-0.39, 0.29) is 6.67 Å². The molecule has 0 aromatic heterocycles. The molecular weight excluding hydrogens is 241 g/mol. The van der Waals surface area contributed by atoms with Crippen molar-refractivity contribution in [3.05, 3.63) is 11.1 Å². The molecule has 2 aliphatic carbocycles. The van der Waals surface area contributed by atoms with Crippen LogP contribution in [-0.2, 0) is 4.79 Å². The maximum Gasteiger partial charge on any atom is 0.158 e. The van der Waals surface area contributed by atoms with E-state index in [2.05, 4.69) is 11.8 Å². The van der Waals surface area contributed by atoms with Crippen LogP contribution in [0, 0.1) is 0 Å². The van der Waals surface area contributed by atoms with Gasteiger partial charge in [-0.15, -0.1) is 0 Å². The highest BCUT2D eigenvalue weighted by Crippen LogP contribution is 2.35. The largest absolute Gasteiger partial charge is 0.300 e. The van der Waals surface area contributed by atoms with Crippen molar-refractivity contribution in [3.8, 4) is 0 Å². The molecule has 0 spiro atoms. The van der Waals surface area contributed by atoms with Crippen LogP contribution in [0.1, 0.15) is 58.3 Å². The normalized spacial score (nSPS) is 23.9. The van der Waals surface area contributed by atoms with Gasteiger partial charge in [-0.1, -0.05) is 12.5 Å². The van der Waals surface area contributed by atoms with Gasteiger partial charge >= 0.3 is 0 Å². The molecule has 0 amide bonds. The van der Waals surface area contributed by atoms with Crippen molar-refractivity contribution in [2.75, 3.05) is 19.8 Å². The molecule has 0 bridgehead atoms. The smallest absolute Gasteiger partial charge is 0.158 e. The number of hydrogen-bond donors (Lipinski definition) is 0. The molecule has 0 aliphatic heterocycles. The van der Waals surface area contributed by atoms with Crippen molar-refractivity contribution in [3.63, 3.8) is 0 Å². The molecule has 0 saturated heterocycles. The van der Waals surface area contributed by atoms with E-state index >= 15 is 0 Å². The minimum Gasteiger partial charge on any atom is -0.300 e. The van der Waals surface area contributed by atoms with E-state index in [0.29, 0.717) is 18.2 Å². The van der Waals surface area contributed by atoms with Gasteiger partial charge in [-0.3, -0.25) is 14.1 Å². The molecule has 2 nitrogen and oxygen atoms in total. The van der Waals surface area contributed by atoms with E-state index in [1.165, 1.54) is 5.57 Å². The van der Waals surface area contributed by atoms with E-state index in [9.17, 15) is 9.18 Å². The molecule has 0 N–H and O–H groups in total. The first-order valence-corrected chi connectivity index (χ1v) is 7.80. The molecule has 1 atom stereocenters. The van der Waals surface area contributed by atoms with Crippen LogP contribution in [0.5, 0.6) is 0 Å². The topological polar surface area (TPSA) is 20.3 Å². The highest BCUT2D eigenvalue weighted by Gasteiger charge is 2.29. The summed E-state index contributed by atoms with van der Waals surface area (Å²) >= 11 is 0. The molecule has 0 fully saturated rings. The second-order valence-corrected chi connectivity index (χ2v) is 5.83. The fourth-order valence-corrected chi connectivity index (χ4v) is 3.54. The van der Waals surface area contributed by atoms with Crippen molar-refractivity contribution >= 4 is 5.78 Å². The average molecular weight is 267 g/mol. The fraction of sp³-hybridized carbons (Fsp3) is 0.812. The molecule has 2 aliphatic rings. The van der Waals surface area contributed by atoms with Crippen LogP contribution >= 0.6 is 0 Å². The van der Waals surface area contributed by atoms with Crippen LogP contribution in [0.25, 0.3) is 0 Å². The predicted octanol–water partition coefficient (Wildman–Crippen LogP) is 3.66. The predicted molar refractivity (Wildman–Crippen MR) is 76.0 cm³/mol. The first kappa shape index (κ1) is 14.7. The first-order valence-electron chi connectivity index (χ1n) is 7.80. The van der Waals surface area contributed by atoms with Gasteiger partial charge in [0.05, 0.1) is 6.67 Å². The number of ketones is 1. The van der Waals surface area contributed by atoms with Gasteiger partial charge in [0.25, 0.3) is 0 Å². The lowest BCUT2D eigenvalue weighted by molar-refractivity contribution is -0.116. The monoisotopic (exact) mass is 267 g/mol. The molecule has 1 unspecified atom stereocenters. The second kappa shape index (κ2) is 7.18. The van der Waals surface area contributed by atoms with Gasteiger partial charge in [-0.05, 0) is 57.1 Å². The Morgan fingerprint density at radius 2 is 2.11 bits per heavy atom. The summed E-state index contributed by atoms with van der Waals surface area (Å²) in [7, 11) is 0. The highest BCUT2D eigenvalue weighted by atomic mass is 19.1. The van der Waals surface area contributed by atoms with E-state index in [0.717, 1.165) is 63.6 Å². The number of carbonyl (C=O) groups excluding carboxylic acids is 1. The Morgan fingerprint density at radius 3 is 2.84 bits per heavy atom. The Morgan fingerprint density at radius 1 is 1.26 bits per heavy atom. The minimum atomic E-state index is -0.223. The summed E-state index contributed by atoms with van der Waals surface area (Å²) in [5.41, 5.74) is 2.55. The lowest BCUT2D eigenvalue weighted by atomic mass is 9.79. The first-order chi connectivity index (χ1) is 9.26. The zero-order chi connectivity index (χ0) is 13.7. The standard InChI is InChI=1S/C16H26FNO/c1-2-10-18(11-4-9-17)14-7-8-15-13(12-14)5-3-6-16(15)19/h14H,2-12H2,1H3. The van der Waals surface area contributed by atoms with Crippen LogP contribution in [0.3, 0.4) is 0 Å². The molecule has 2 rings (SSSR count). The quantitative estimate of drug-likeness (QED) is 0.732. The fourth-order valence-electron chi connectivity index (χ4n) is 3.54. The van der Waals surface area contributed by atoms with Crippen molar-refractivity contribution in [2.45, 2.75) is 64.3 Å². The Hall–Kier alpha value is -0.700. The maximum atomic E-state index is 12.4. The maximum absolute atomic E-state index is 12.4. The number of carbonyl (C=O) groups is 1. The summed E-state index contributed by atoms with van der Waals surface area (Å²) < 4.78 is 12.4. The zero-order valence-electron chi connectivity index (χ0n) is 12.1. The molecule has 108 valence electrons. The average Bonchev–Trinajstić information content (AvgIpc) is 2.43. The van der Waals surface area contributed by atoms with Gasteiger partial charge in [-0.2, -0.15) is 0 Å². The van der Waals surface area contributed by atoms with Crippen molar-refractivity contribution in [1.82, 2.24) is 4.90 Å². The van der Waals surface area contributed by atoms with Crippen LogP contribution in [0.2, 0.25) is 0 Å². The number of allylic oxidation sites excluding steroid dienone is 1. The lowest BCUT2D eigenvalue weighted by Crippen LogP contribution is -2.39. The number of hydrogen-bond acceptors (Lipinski definition) is 2. The Bertz CT molecular complexity index is 351. The third-order valence-corrected chi connectivity index (χ3v) is 4.46. The zero-order valence-corrected chi connectivity index (χ0v) is 12.1. The third kappa shape index (κ3) is 3.65. The third-order valence-electron chi connectivity index (χ3n) is 4.46. The van der Waals surface area contributed by atoms with Gasteiger partial charge in [0.15, 0.2) is 5.78 Å². The molecule has 0 aromatic rings. The van der Waals surface area contributed by atoms with E-state index < -0.39 is 0 Å². The summed E-state index contributed by atoms with van der Waals surface area (Å²) in [6.07, 6.45) is 7.74. The van der Waals surface area contributed by atoms with Gasteiger partial charge in [-0.25, -0.2) is 0 Å². The number of rotatable bonds is 6. The lowest BCUT2D eigenvalue weighted by Gasteiger charge is -2.37. The number of Topliss-reactive ketones (excluding diaryl/α,β-unsaturated/α-hetero) is 1. The van der Waals surface area contributed by atoms with E-state index in [4.69, 9.17) is 0 Å². The molecule has 3 heteroatoms. The van der Waals surface area contributed by atoms with Crippen molar-refractivity contribution < 1.29 is 9.18 Å². The highest BCUT2D eigenvalue weighted by molar-refractivity contribution is 5.97. The van der Waals surface area contributed by atoms with Gasteiger partial charge < -0.3 is 0 Å². The van der Waals surface area contributed by atoms with Crippen molar-refractivity contribution in [1.29, 1.82) is 0 Å². The van der Waals surface area contributed by atoms with Gasteiger partial charge in [0, 0.05) is 19.0 Å². The van der Waals surface area contributed by atoms with E-state index in [1.807, 2.05) is 0 Å². The summed E-state index contributed by atoms with van der Waals surface area (Å²) in [5.74, 6) is 0.394. The Kier molecular flexibility index (Phi) is 5.56. The number of alkyl halides is 1. The molecule has 0 radical (unpaired) electrons. The van der Waals surface area contributed by atoms with Crippen LogP contribution < -0.4 is 0 Å². The van der Waals surface area contributed by atoms with Crippen molar-refractivity contribution in [2.24, 2.45) is 0 Å². The minimum absolute atomic E-state index is 0.223. The van der Waals surface area contributed by atoms with Gasteiger partial charge in [0.1, 0.15) is 0 Å². The van der Waals surface area contributed by atoms with Crippen LogP contribution in [0.4, 0.5) is 4.39 Å². The second-order valence-electron chi connectivity index (χ2n) is 5.83. The van der Waals surface area contributed by atoms with E-state index in [1.54, 1.807) is 0 Å². The SMILES string of the molecule is CCCN(CCCF)C1CCC2=C(CCCC2=O)C1. The van der Waals surface area contributed by atoms with Gasteiger partial charge in [0.2, 0.25) is 0 Å². The van der Waals surface area contributed by atoms with Crippen LogP contribution in [0.15, 0.2) is 11.1 Å². The molecular formula is C16H26FNO. The Labute approximate surface area is 116 Å². The number of halogens is 1. The molecule has 0 saturated carbocycles. The Balaban J connectivity index is 2.00.